The van der Waals surface area contributed by atoms with E-state index in [2.05, 4.69) is 43.6 Å². The van der Waals surface area contributed by atoms with Crippen LogP contribution in [0.15, 0.2) is 43.7 Å². The molecule has 0 N–H and O–H groups in total. The number of rotatable bonds is 6. The summed E-state index contributed by atoms with van der Waals surface area (Å²) in [5, 5.41) is 10.4. The zero-order chi connectivity index (χ0) is 18.1. The highest BCUT2D eigenvalue weighted by atomic mass is 32.2. The molecule has 0 aliphatic rings. The van der Waals surface area contributed by atoms with E-state index in [4.69, 9.17) is 4.42 Å². The van der Waals surface area contributed by atoms with Crippen LogP contribution in [-0.2, 0) is 6.54 Å². The number of nitrogens with zero attached hydrogens (tertiary/aromatic N) is 6. The third kappa shape index (κ3) is 3.36. The second-order valence-electron chi connectivity index (χ2n) is 5.91. The highest BCUT2D eigenvalue weighted by Gasteiger charge is 2.20. The Morgan fingerprint density at radius 2 is 2.15 bits per heavy atom. The van der Waals surface area contributed by atoms with Crippen molar-refractivity contribution in [3.05, 3.63) is 24.7 Å². The molecule has 26 heavy (non-hydrogen) atoms. The Morgan fingerprint density at radius 1 is 1.27 bits per heavy atom. The lowest BCUT2D eigenvalue weighted by Gasteiger charge is -2.11. The summed E-state index contributed by atoms with van der Waals surface area (Å²) in [6, 6.07) is 3.75. The first-order chi connectivity index (χ1) is 12.7. The number of thiazole rings is 1. The maximum absolute atomic E-state index is 5.52. The molecule has 0 radical (unpaired) electrons. The van der Waals surface area contributed by atoms with Crippen molar-refractivity contribution in [3.63, 3.8) is 0 Å². The second-order valence-corrected chi connectivity index (χ2v) is 8.91. The van der Waals surface area contributed by atoms with Gasteiger partial charge in [0.05, 0.1) is 6.26 Å². The summed E-state index contributed by atoms with van der Waals surface area (Å²) in [4.78, 5) is 13.2. The maximum Gasteiger partial charge on any atom is 0.200 e. The van der Waals surface area contributed by atoms with Crippen molar-refractivity contribution in [1.82, 2.24) is 29.7 Å². The van der Waals surface area contributed by atoms with Crippen LogP contribution in [0.25, 0.3) is 21.9 Å². The van der Waals surface area contributed by atoms with Crippen molar-refractivity contribution < 1.29 is 4.42 Å². The van der Waals surface area contributed by atoms with Crippen LogP contribution in [0, 0.1) is 5.92 Å². The van der Waals surface area contributed by atoms with Gasteiger partial charge in [-0.3, -0.25) is 4.57 Å². The summed E-state index contributed by atoms with van der Waals surface area (Å²) >= 11 is 4.69. The number of fused-ring (bicyclic) bond motifs is 1. The van der Waals surface area contributed by atoms with E-state index in [1.807, 2.05) is 18.4 Å². The molecule has 4 rings (SSSR count). The standard InChI is InChI=1S/C16H16N6OS3/c1-9(2)7-22-13(10-5-4-6-23-10)20-21-15(22)26-14-11-12(17-8-18-14)19-16(24-3)25-11/h4-6,8-9H,7H2,1-3H3. The zero-order valence-electron chi connectivity index (χ0n) is 14.4. The van der Waals surface area contributed by atoms with Gasteiger partial charge >= 0.3 is 0 Å². The van der Waals surface area contributed by atoms with Gasteiger partial charge in [-0.15, -0.1) is 21.5 Å². The smallest absolute Gasteiger partial charge is 0.200 e. The van der Waals surface area contributed by atoms with Crippen molar-refractivity contribution in [3.8, 4) is 11.6 Å². The lowest BCUT2D eigenvalue weighted by atomic mass is 10.2. The first-order valence-corrected chi connectivity index (χ1v) is 10.8. The minimum absolute atomic E-state index is 0.441. The van der Waals surface area contributed by atoms with Gasteiger partial charge in [0.1, 0.15) is 16.1 Å². The van der Waals surface area contributed by atoms with Gasteiger partial charge in [-0.2, -0.15) is 0 Å². The van der Waals surface area contributed by atoms with E-state index in [1.54, 1.807) is 35.7 Å². The highest BCUT2D eigenvalue weighted by Crippen LogP contribution is 2.36. The molecule has 0 spiro atoms. The van der Waals surface area contributed by atoms with Gasteiger partial charge in [-0.1, -0.05) is 25.6 Å². The Hall–Kier alpha value is -1.91. The number of hydrogen-bond donors (Lipinski definition) is 0. The van der Waals surface area contributed by atoms with Crippen LogP contribution < -0.4 is 0 Å². The molecule has 7 nitrogen and oxygen atoms in total. The predicted octanol–water partition coefficient (Wildman–Crippen LogP) is 4.47. The SMILES string of the molecule is CSc1nc2ncnc(Sc3nnc(-c4ccco4)n3CC(C)C)c2s1. The molecule has 4 aromatic heterocycles. The van der Waals surface area contributed by atoms with Crippen LogP contribution in [0.1, 0.15) is 13.8 Å². The van der Waals surface area contributed by atoms with Crippen molar-refractivity contribution in [2.45, 2.75) is 34.9 Å². The third-order valence-electron chi connectivity index (χ3n) is 3.51. The van der Waals surface area contributed by atoms with E-state index in [1.165, 1.54) is 11.8 Å². The van der Waals surface area contributed by atoms with E-state index in [0.29, 0.717) is 11.7 Å². The van der Waals surface area contributed by atoms with Gasteiger partial charge in [0, 0.05) is 6.54 Å². The molecule has 0 unspecified atom stereocenters. The van der Waals surface area contributed by atoms with Gasteiger partial charge in [-0.05, 0) is 36.1 Å². The number of aromatic nitrogens is 6. The average Bonchev–Trinajstić information content (AvgIpc) is 3.34. The number of hydrogen-bond acceptors (Lipinski definition) is 9. The third-order valence-corrected chi connectivity index (χ3v) is 6.66. The first kappa shape index (κ1) is 17.5. The Balaban J connectivity index is 1.76. The van der Waals surface area contributed by atoms with Crippen molar-refractivity contribution in [2.75, 3.05) is 6.26 Å². The van der Waals surface area contributed by atoms with Gasteiger partial charge < -0.3 is 4.42 Å². The molecule has 0 aromatic carbocycles. The molecular weight excluding hydrogens is 388 g/mol. The normalized spacial score (nSPS) is 11.7. The van der Waals surface area contributed by atoms with Crippen molar-refractivity contribution in [1.29, 1.82) is 0 Å². The summed E-state index contributed by atoms with van der Waals surface area (Å²) in [7, 11) is 0. The molecule has 0 aliphatic heterocycles. The molecule has 0 bridgehead atoms. The minimum atomic E-state index is 0.441. The van der Waals surface area contributed by atoms with Crippen LogP contribution in [0.4, 0.5) is 0 Å². The van der Waals surface area contributed by atoms with E-state index in [0.717, 1.165) is 37.2 Å². The Labute approximate surface area is 162 Å². The largest absolute Gasteiger partial charge is 0.461 e. The Bertz CT molecular complexity index is 1020. The Morgan fingerprint density at radius 3 is 2.88 bits per heavy atom. The summed E-state index contributed by atoms with van der Waals surface area (Å²) in [5.74, 6) is 1.88. The molecule has 10 heteroatoms. The molecule has 0 aliphatic carbocycles. The van der Waals surface area contributed by atoms with Gasteiger partial charge in [0.2, 0.25) is 0 Å². The minimum Gasteiger partial charge on any atom is -0.461 e. The fourth-order valence-corrected chi connectivity index (χ4v) is 4.90. The fraction of sp³-hybridized carbons (Fsp3) is 0.312. The molecule has 0 atom stereocenters. The summed E-state index contributed by atoms with van der Waals surface area (Å²) < 4.78 is 9.55. The molecule has 0 amide bonds. The molecule has 0 fully saturated rings. The van der Waals surface area contributed by atoms with Crippen LogP contribution >= 0.6 is 34.9 Å². The lowest BCUT2D eigenvalue weighted by Crippen LogP contribution is -2.07. The molecule has 134 valence electrons. The second kappa shape index (κ2) is 7.37. The van der Waals surface area contributed by atoms with E-state index in [9.17, 15) is 0 Å². The monoisotopic (exact) mass is 404 g/mol. The molecule has 4 aromatic rings. The maximum atomic E-state index is 5.52. The molecule has 4 heterocycles. The van der Waals surface area contributed by atoms with Crippen LogP contribution in [0.2, 0.25) is 0 Å². The van der Waals surface area contributed by atoms with E-state index < -0.39 is 0 Å². The van der Waals surface area contributed by atoms with Gasteiger partial charge in [0.25, 0.3) is 0 Å². The predicted molar refractivity (Wildman–Crippen MR) is 104 cm³/mol. The van der Waals surface area contributed by atoms with Gasteiger partial charge in [-0.25, -0.2) is 15.0 Å². The van der Waals surface area contributed by atoms with E-state index >= 15 is 0 Å². The van der Waals surface area contributed by atoms with Crippen molar-refractivity contribution >= 4 is 45.2 Å². The summed E-state index contributed by atoms with van der Waals surface area (Å²) in [6.07, 6.45) is 5.20. The molecule has 0 saturated carbocycles. The zero-order valence-corrected chi connectivity index (χ0v) is 16.9. The van der Waals surface area contributed by atoms with E-state index in [-0.39, 0.29) is 0 Å². The van der Waals surface area contributed by atoms with Crippen molar-refractivity contribution in [2.24, 2.45) is 5.92 Å². The topological polar surface area (TPSA) is 82.5 Å². The quantitative estimate of drug-likeness (QED) is 0.344. The number of furan rings is 1. The lowest BCUT2D eigenvalue weighted by molar-refractivity contribution is 0.489. The highest BCUT2D eigenvalue weighted by molar-refractivity contribution is 8.00. The van der Waals surface area contributed by atoms with Gasteiger partial charge in [0.15, 0.2) is 26.7 Å². The molecule has 0 saturated heterocycles. The summed E-state index contributed by atoms with van der Waals surface area (Å²) in [5.41, 5.74) is 0.720. The van der Waals surface area contributed by atoms with Crippen LogP contribution in [0.5, 0.6) is 0 Å². The fourth-order valence-electron chi connectivity index (χ4n) is 2.44. The number of thioether (sulfide) groups is 1. The van der Waals surface area contributed by atoms with Crippen LogP contribution in [0.3, 0.4) is 0 Å². The molecular formula is C16H16N6OS3. The van der Waals surface area contributed by atoms with Crippen LogP contribution in [-0.4, -0.2) is 36.0 Å². The summed E-state index contributed by atoms with van der Waals surface area (Å²) in [6.45, 7) is 5.12. The first-order valence-electron chi connectivity index (χ1n) is 7.96. The average molecular weight is 405 g/mol. The Kier molecular flexibility index (Phi) is 4.96.